The van der Waals surface area contributed by atoms with E-state index in [-0.39, 0.29) is 0 Å². The lowest BCUT2D eigenvalue weighted by Gasteiger charge is -2.09. The summed E-state index contributed by atoms with van der Waals surface area (Å²) in [5.74, 6) is 0.554. The van der Waals surface area contributed by atoms with Gasteiger partial charge in [0.1, 0.15) is 17.4 Å². The number of fused-ring (bicyclic) bond motifs is 1. The van der Waals surface area contributed by atoms with Gasteiger partial charge in [-0.15, -0.1) is 0 Å². The van der Waals surface area contributed by atoms with Gasteiger partial charge in [-0.3, -0.25) is 0 Å². The number of benzene rings is 1. The highest BCUT2D eigenvalue weighted by Crippen LogP contribution is 2.31. The van der Waals surface area contributed by atoms with E-state index in [1.165, 1.54) is 6.33 Å². The van der Waals surface area contributed by atoms with E-state index in [9.17, 15) is 0 Å². The third kappa shape index (κ3) is 2.89. The standard InChI is InChI=1S/C15H16BrN7/c1-9-6-10(17)4-5-11(9)23-13-12(14(16)21-23)18-7-19-15(13)20-8-22(2)3/h4-8H,17H2,1-3H3/b20-8+. The Bertz CT molecular complexity index is 898. The topological polar surface area (TPSA) is 85.2 Å². The van der Waals surface area contributed by atoms with Gasteiger partial charge in [0.25, 0.3) is 0 Å². The van der Waals surface area contributed by atoms with E-state index in [4.69, 9.17) is 5.73 Å². The first kappa shape index (κ1) is 15.4. The highest BCUT2D eigenvalue weighted by atomic mass is 79.9. The lowest BCUT2D eigenvalue weighted by atomic mass is 10.2. The molecule has 2 N–H and O–H groups in total. The molecule has 0 atom stereocenters. The van der Waals surface area contributed by atoms with Gasteiger partial charge in [0.2, 0.25) is 0 Å². The summed E-state index contributed by atoms with van der Waals surface area (Å²) in [4.78, 5) is 14.9. The van der Waals surface area contributed by atoms with Gasteiger partial charge in [-0.2, -0.15) is 5.10 Å². The van der Waals surface area contributed by atoms with Gasteiger partial charge in [-0.1, -0.05) is 0 Å². The maximum atomic E-state index is 5.84. The van der Waals surface area contributed by atoms with Crippen LogP contribution in [0.1, 0.15) is 5.56 Å². The predicted octanol–water partition coefficient (Wildman–Crippen LogP) is 2.69. The highest BCUT2D eigenvalue weighted by molar-refractivity contribution is 9.10. The quantitative estimate of drug-likeness (QED) is 0.433. The molecule has 0 saturated carbocycles. The predicted molar refractivity (Wildman–Crippen MR) is 95.3 cm³/mol. The van der Waals surface area contributed by atoms with Crippen molar-refractivity contribution in [1.29, 1.82) is 0 Å². The monoisotopic (exact) mass is 373 g/mol. The lowest BCUT2D eigenvalue weighted by molar-refractivity contribution is 0.643. The Hall–Kier alpha value is -2.48. The first-order valence-corrected chi connectivity index (χ1v) is 7.73. The number of hydrogen-bond donors (Lipinski definition) is 1. The van der Waals surface area contributed by atoms with E-state index in [0.717, 1.165) is 16.8 Å². The number of nitrogens with two attached hydrogens (primary N) is 1. The molecule has 3 aromatic rings. The smallest absolute Gasteiger partial charge is 0.183 e. The van der Waals surface area contributed by atoms with E-state index in [2.05, 4.69) is 36.0 Å². The fourth-order valence-corrected chi connectivity index (χ4v) is 2.70. The number of hydrogen-bond acceptors (Lipinski definition) is 5. The molecule has 8 heteroatoms. The van der Waals surface area contributed by atoms with Crippen molar-refractivity contribution in [2.75, 3.05) is 19.8 Å². The number of aliphatic imine (C=N–C) groups is 1. The number of nitrogen functional groups attached to an aromatic ring is 1. The van der Waals surface area contributed by atoms with Crippen LogP contribution in [0, 0.1) is 6.92 Å². The Morgan fingerprint density at radius 2 is 2.09 bits per heavy atom. The van der Waals surface area contributed by atoms with Crippen molar-refractivity contribution in [1.82, 2.24) is 24.6 Å². The molecule has 0 bridgehead atoms. The molecule has 0 aliphatic carbocycles. The normalized spacial score (nSPS) is 11.5. The summed E-state index contributed by atoms with van der Waals surface area (Å²) in [6.45, 7) is 1.99. The maximum Gasteiger partial charge on any atom is 0.183 e. The number of rotatable bonds is 3. The van der Waals surface area contributed by atoms with Gasteiger partial charge in [-0.25, -0.2) is 19.6 Å². The maximum absolute atomic E-state index is 5.84. The average molecular weight is 374 g/mol. The third-order valence-corrected chi connectivity index (χ3v) is 3.79. The molecule has 2 heterocycles. The average Bonchev–Trinajstić information content (AvgIpc) is 2.83. The molecule has 118 valence electrons. The molecule has 0 aliphatic rings. The fraction of sp³-hybridized carbons (Fsp3) is 0.200. The van der Waals surface area contributed by atoms with E-state index in [1.54, 1.807) is 11.0 Å². The number of anilines is 1. The summed E-state index contributed by atoms with van der Waals surface area (Å²) < 4.78 is 2.43. The Morgan fingerprint density at radius 1 is 1.30 bits per heavy atom. The Balaban J connectivity index is 2.29. The van der Waals surface area contributed by atoms with Gasteiger partial charge in [-0.05, 0) is 46.6 Å². The summed E-state index contributed by atoms with van der Waals surface area (Å²) in [6, 6.07) is 5.68. The minimum Gasteiger partial charge on any atom is -0.399 e. The molecule has 1 aromatic carbocycles. The summed E-state index contributed by atoms with van der Waals surface area (Å²) in [5.41, 5.74) is 9.92. The molecule has 0 saturated heterocycles. The summed E-state index contributed by atoms with van der Waals surface area (Å²) in [5, 5.41) is 4.54. The van der Waals surface area contributed by atoms with Crippen LogP contribution in [-0.2, 0) is 0 Å². The Morgan fingerprint density at radius 3 is 2.78 bits per heavy atom. The van der Waals surface area contributed by atoms with Gasteiger partial charge < -0.3 is 10.6 Å². The highest BCUT2D eigenvalue weighted by Gasteiger charge is 2.17. The van der Waals surface area contributed by atoms with Crippen LogP contribution >= 0.6 is 15.9 Å². The van der Waals surface area contributed by atoms with Gasteiger partial charge in [0.15, 0.2) is 10.4 Å². The number of nitrogens with zero attached hydrogens (tertiary/aromatic N) is 6. The van der Waals surface area contributed by atoms with Crippen LogP contribution in [0.3, 0.4) is 0 Å². The van der Waals surface area contributed by atoms with Crippen LogP contribution in [0.4, 0.5) is 11.5 Å². The molecule has 7 nitrogen and oxygen atoms in total. The van der Waals surface area contributed by atoms with Crippen LogP contribution in [0.25, 0.3) is 16.7 Å². The summed E-state index contributed by atoms with van der Waals surface area (Å²) >= 11 is 3.46. The second-order valence-corrected chi connectivity index (χ2v) is 6.10. The van der Waals surface area contributed by atoms with Crippen molar-refractivity contribution >= 4 is 44.8 Å². The number of halogens is 1. The minimum atomic E-state index is 0.554. The van der Waals surface area contributed by atoms with Gasteiger partial charge >= 0.3 is 0 Å². The zero-order valence-corrected chi connectivity index (χ0v) is 14.6. The largest absolute Gasteiger partial charge is 0.399 e. The van der Waals surface area contributed by atoms with Gasteiger partial charge in [0, 0.05) is 19.8 Å². The molecule has 0 aliphatic heterocycles. The Labute approximate surface area is 142 Å². The van der Waals surface area contributed by atoms with Crippen molar-refractivity contribution in [2.45, 2.75) is 6.92 Å². The molecule has 23 heavy (non-hydrogen) atoms. The molecule has 2 aromatic heterocycles. The van der Waals surface area contributed by atoms with Crippen molar-refractivity contribution < 1.29 is 0 Å². The molecule has 0 radical (unpaired) electrons. The Kier molecular flexibility index (Phi) is 3.99. The lowest BCUT2D eigenvalue weighted by Crippen LogP contribution is -2.07. The van der Waals surface area contributed by atoms with E-state index >= 15 is 0 Å². The summed E-state index contributed by atoms with van der Waals surface area (Å²) in [6.07, 6.45) is 3.18. The van der Waals surface area contributed by atoms with Crippen molar-refractivity contribution in [2.24, 2.45) is 4.99 Å². The SMILES string of the molecule is Cc1cc(N)ccc1-n1nc(Br)c2ncnc(/N=C/N(C)C)c21. The molecule has 0 fully saturated rings. The first-order valence-electron chi connectivity index (χ1n) is 6.93. The van der Waals surface area contributed by atoms with E-state index < -0.39 is 0 Å². The van der Waals surface area contributed by atoms with Crippen molar-refractivity contribution in [3.05, 3.63) is 34.7 Å². The zero-order chi connectivity index (χ0) is 16.6. The van der Waals surface area contributed by atoms with Crippen molar-refractivity contribution in [3.8, 4) is 5.69 Å². The van der Waals surface area contributed by atoms with Crippen LogP contribution in [0.15, 0.2) is 34.1 Å². The van der Waals surface area contributed by atoms with Crippen LogP contribution in [-0.4, -0.2) is 45.1 Å². The first-order chi connectivity index (χ1) is 11.0. The number of aryl methyl sites for hydroxylation is 1. The van der Waals surface area contributed by atoms with Gasteiger partial charge in [0.05, 0.1) is 12.0 Å². The molecule has 0 amide bonds. The van der Waals surface area contributed by atoms with Crippen molar-refractivity contribution in [3.63, 3.8) is 0 Å². The molecule has 0 unspecified atom stereocenters. The van der Waals surface area contributed by atoms with Crippen LogP contribution < -0.4 is 5.73 Å². The van der Waals surface area contributed by atoms with E-state index in [1.807, 2.05) is 44.1 Å². The zero-order valence-electron chi connectivity index (χ0n) is 13.0. The molecule has 0 spiro atoms. The molecular formula is C15H16BrN7. The number of aromatic nitrogens is 4. The minimum absolute atomic E-state index is 0.554. The second-order valence-electron chi connectivity index (χ2n) is 5.35. The fourth-order valence-electron chi connectivity index (χ4n) is 2.26. The van der Waals surface area contributed by atoms with E-state index in [0.29, 0.717) is 21.6 Å². The van der Waals surface area contributed by atoms with Crippen LogP contribution in [0.5, 0.6) is 0 Å². The van der Waals surface area contributed by atoms with Crippen LogP contribution in [0.2, 0.25) is 0 Å². The second kappa shape index (κ2) is 5.96. The summed E-state index contributed by atoms with van der Waals surface area (Å²) in [7, 11) is 3.80. The molecule has 3 rings (SSSR count). The third-order valence-electron chi connectivity index (χ3n) is 3.26. The molecular weight excluding hydrogens is 358 g/mol.